The first-order valence-corrected chi connectivity index (χ1v) is 8.34. The fourth-order valence-electron chi connectivity index (χ4n) is 2.85. The van der Waals surface area contributed by atoms with Gasteiger partial charge >= 0.3 is 6.18 Å². The molecule has 1 amide bonds. The Bertz CT molecular complexity index is 810. The summed E-state index contributed by atoms with van der Waals surface area (Å²) < 4.78 is 38.3. The molecule has 1 aliphatic rings. The number of carbonyl (C=O) groups is 1. The highest BCUT2D eigenvalue weighted by atomic mass is 19.4. The Labute approximate surface area is 153 Å². The SMILES string of the molecule is O=C(N[C@@H](c1ccccc1)[C@H](O)c1ccccc1)C1=NNC(C(F)(F)F)C1. The van der Waals surface area contributed by atoms with Gasteiger partial charge in [-0.1, -0.05) is 60.7 Å². The Morgan fingerprint density at radius 1 is 1.07 bits per heavy atom. The van der Waals surface area contributed by atoms with Crippen molar-refractivity contribution in [1.82, 2.24) is 10.7 Å². The van der Waals surface area contributed by atoms with Crippen LogP contribution >= 0.6 is 0 Å². The van der Waals surface area contributed by atoms with E-state index in [-0.39, 0.29) is 5.71 Å². The molecule has 0 radical (unpaired) electrons. The maximum absolute atomic E-state index is 12.8. The third kappa shape index (κ3) is 4.46. The van der Waals surface area contributed by atoms with Gasteiger partial charge in [-0.25, -0.2) is 0 Å². The monoisotopic (exact) mass is 377 g/mol. The average molecular weight is 377 g/mol. The van der Waals surface area contributed by atoms with Crippen molar-refractivity contribution in [3.8, 4) is 0 Å². The Kier molecular flexibility index (Phi) is 5.46. The fraction of sp³-hybridized carbons (Fsp3) is 0.263. The van der Waals surface area contributed by atoms with Gasteiger partial charge in [0.25, 0.3) is 5.91 Å². The van der Waals surface area contributed by atoms with E-state index in [0.717, 1.165) is 0 Å². The predicted molar refractivity (Wildman–Crippen MR) is 93.8 cm³/mol. The van der Waals surface area contributed by atoms with Crippen LogP contribution in [0.25, 0.3) is 0 Å². The third-order valence-corrected chi connectivity index (χ3v) is 4.31. The molecule has 0 aliphatic carbocycles. The number of hydrogen-bond donors (Lipinski definition) is 3. The quantitative estimate of drug-likeness (QED) is 0.750. The van der Waals surface area contributed by atoms with Crippen LogP contribution in [-0.2, 0) is 4.79 Å². The summed E-state index contributed by atoms with van der Waals surface area (Å²) in [5, 5.41) is 16.9. The van der Waals surface area contributed by atoms with E-state index in [2.05, 4.69) is 10.4 Å². The topological polar surface area (TPSA) is 73.7 Å². The molecule has 8 heteroatoms. The van der Waals surface area contributed by atoms with Gasteiger partial charge in [-0.2, -0.15) is 18.3 Å². The molecule has 0 fully saturated rings. The van der Waals surface area contributed by atoms with Crippen molar-refractivity contribution >= 4 is 11.6 Å². The number of benzene rings is 2. The molecule has 142 valence electrons. The zero-order valence-corrected chi connectivity index (χ0v) is 14.1. The van der Waals surface area contributed by atoms with Crippen molar-refractivity contribution in [2.75, 3.05) is 0 Å². The van der Waals surface area contributed by atoms with Crippen LogP contribution in [0.3, 0.4) is 0 Å². The van der Waals surface area contributed by atoms with E-state index < -0.39 is 36.7 Å². The second kappa shape index (κ2) is 7.79. The molecule has 0 saturated heterocycles. The zero-order valence-electron chi connectivity index (χ0n) is 14.1. The molecule has 5 nitrogen and oxygen atoms in total. The minimum atomic E-state index is -4.49. The summed E-state index contributed by atoms with van der Waals surface area (Å²) in [5.41, 5.74) is 2.89. The molecule has 2 aromatic carbocycles. The van der Waals surface area contributed by atoms with Crippen LogP contribution in [0.2, 0.25) is 0 Å². The van der Waals surface area contributed by atoms with Crippen molar-refractivity contribution in [3.63, 3.8) is 0 Å². The Balaban J connectivity index is 1.79. The van der Waals surface area contributed by atoms with Crippen LogP contribution in [0.4, 0.5) is 13.2 Å². The summed E-state index contributed by atoms with van der Waals surface area (Å²) in [5.74, 6) is -0.752. The second-order valence-electron chi connectivity index (χ2n) is 6.20. The van der Waals surface area contributed by atoms with Gasteiger partial charge in [0.1, 0.15) is 17.9 Å². The van der Waals surface area contributed by atoms with E-state index in [0.29, 0.717) is 11.1 Å². The minimum Gasteiger partial charge on any atom is -0.386 e. The second-order valence-corrected chi connectivity index (χ2v) is 6.20. The number of amides is 1. The van der Waals surface area contributed by atoms with Crippen molar-refractivity contribution in [3.05, 3.63) is 71.8 Å². The lowest BCUT2D eigenvalue weighted by atomic mass is 9.95. The van der Waals surface area contributed by atoms with Crippen LogP contribution in [-0.4, -0.2) is 28.9 Å². The van der Waals surface area contributed by atoms with Crippen LogP contribution in [0.15, 0.2) is 65.8 Å². The molecule has 3 atom stereocenters. The molecule has 3 rings (SSSR count). The molecular formula is C19H18F3N3O2. The predicted octanol–water partition coefficient (Wildman–Crippen LogP) is 2.86. The lowest BCUT2D eigenvalue weighted by Crippen LogP contribution is -2.39. The number of carbonyl (C=O) groups excluding carboxylic acids is 1. The molecule has 1 heterocycles. The fourth-order valence-corrected chi connectivity index (χ4v) is 2.85. The summed E-state index contributed by atoms with van der Waals surface area (Å²) >= 11 is 0. The third-order valence-electron chi connectivity index (χ3n) is 4.31. The molecule has 27 heavy (non-hydrogen) atoms. The smallest absolute Gasteiger partial charge is 0.386 e. The highest BCUT2D eigenvalue weighted by Gasteiger charge is 2.44. The number of halogens is 3. The number of rotatable bonds is 5. The molecule has 2 aromatic rings. The van der Waals surface area contributed by atoms with E-state index in [1.165, 1.54) is 0 Å². The highest BCUT2D eigenvalue weighted by Crippen LogP contribution is 2.30. The average Bonchev–Trinajstić information content (AvgIpc) is 3.18. The summed E-state index contributed by atoms with van der Waals surface area (Å²) in [4.78, 5) is 12.5. The van der Waals surface area contributed by atoms with Gasteiger partial charge in [-0.15, -0.1) is 0 Å². The number of nitrogens with one attached hydrogen (secondary N) is 2. The number of aliphatic hydroxyl groups is 1. The van der Waals surface area contributed by atoms with Gasteiger partial charge in [0.05, 0.1) is 6.04 Å². The number of alkyl halides is 3. The lowest BCUT2D eigenvalue weighted by Gasteiger charge is -2.25. The maximum Gasteiger partial charge on any atom is 0.410 e. The van der Waals surface area contributed by atoms with Crippen LogP contribution in [0.1, 0.15) is 29.7 Å². The number of nitrogens with zero attached hydrogens (tertiary/aromatic N) is 1. The standard InChI is InChI=1S/C19H18F3N3O2/c20-19(21,22)15-11-14(24-25-15)18(27)23-16(12-7-3-1-4-8-12)17(26)13-9-5-2-6-10-13/h1-10,15-17,25-26H,11H2,(H,23,27)/t15?,16-,17+/m0/s1. The Morgan fingerprint density at radius 3 is 2.15 bits per heavy atom. The van der Waals surface area contributed by atoms with Crippen molar-refractivity contribution in [2.24, 2.45) is 5.10 Å². The minimum absolute atomic E-state index is 0.251. The van der Waals surface area contributed by atoms with E-state index in [9.17, 15) is 23.1 Å². The van der Waals surface area contributed by atoms with E-state index >= 15 is 0 Å². The van der Waals surface area contributed by atoms with Crippen molar-refractivity contribution in [2.45, 2.75) is 30.8 Å². The first-order valence-electron chi connectivity index (χ1n) is 8.34. The normalized spacial score (nSPS) is 19.0. The van der Waals surface area contributed by atoms with Gasteiger partial charge in [0.2, 0.25) is 0 Å². The van der Waals surface area contributed by atoms with Gasteiger partial charge in [0, 0.05) is 6.42 Å². The molecular weight excluding hydrogens is 359 g/mol. The van der Waals surface area contributed by atoms with E-state index in [1.54, 1.807) is 60.7 Å². The summed E-state index contributed by atoms with van der Waals surface area (Å²) in [6, 6.07) is 14.7. The zero-order chi connectivity index (χ0) is 19.4. The van der Waals surface area contributed by atoms with E-state index in [1.807, 2.05) is 5.43 Å². The summed E-state index contributed by atoms with van der Waals surface area (Å²) in [6.07, 6.45) is -6.13. The molecule has 0 saturated carbocycles. The Morgan fingerprint density at radius 2 is 1.63 bits per heavy atom. The molecule has 3 N–H and O–H groups in total. The van der Waals surface area contributed by atoms with Gasteiger partial charge in [0.15, 0.2) is 0 Å². The lowest BCUT2D eigenvalue weighted by molar-refractivity contribution is -0.152. The first-order chi connectivity index (χ1) is 12.9. The Hall–Kier alpha value is -2.87. The van der Waals surface area contributed by atoms with Crippen molar-refractivity contribution in [1.29, 1.82) is 0 Å². The number of aliphatic hydroxyl groups excluding tert-OH is 1. The largest absolute Gasteiger partial charge is 0.410 e. The van der Waals surface area contributed by atoms with E-state index in [4.69, 9.17) is 0 Å². The van der Waals surface area contributed by atoms with Crippen LogP contribution < -0.4 is 10.7 Å². The summed E-state index contributed by atoms with van der Waals surface area (Å²) in [6.45, 7) is 0. The molecule has 1 aliphatic heterocycles. The number of hydrogen-bond acceptors (Lipinski definition) is 4. The van der Waals surface area contributed by atoms with Crippen molar-refractivity contribution < 1.29 is 23.1 Å². The van der Waals surface area contributed by atoms with Crippen LogP contribution in [0, 0.1) is 0 Å². The van der Waals surface area contributed by atoms with Gasteiger partial charge < -0.3 is 10.4 Å². The highest BCUT2D eigenvalue weighted by molar-refractivity contribution is 6.39. The number of hydrazone groups is 1. The van der Waals surface area contributed by atoms with Crippen LogP contribution in [0.5, 0.6) is 0 Å². The first kappa shape index (κ1) is 18.9. The molecule has 0 spiro atoms. The van der Waals surface area contributed by atoms with Gasteiger partial charge in [-0.3, -0.25) is 10.2 Å². The summed E-state index contributed by atoms with van der Waals surface area (Å²) in [7, 11) is 0. The molecule has 1 unspecified atom stereocenters. The molecule has 0 aromatic heterocycles. The maximum atomic E-state index is 12.8. The van der Waals surface area contributed by atoms with Gasteiger partial charge in [-0.05, 0) is 11.1 Å². The molecule has 0 bridgehead atoms.